The largest absolute Gasteiger partial charge is 0.241 e. The van der Waals surface area contributed by atoms with Gasteiger partial charge in [0.2, 0.25) is 10.0 Å². The first kappa shape index (κ1) is 13.5. The first-order valence-electron chi connectivity index (χ1n) is 4.93. The van der Waals surface area contributed by atoms with Gasteiger partial charge in [0.25, 0.3) is 0 Å². The average molecular weight is 259 g/mol. The minimum absolute atomic E-state index is 0.306. The summed E-state index contributed by atoms with van der Waals surface area (Å²) in [7, 11) is -3.40. The van der Waals surface area contributed by atoms with Crippen molar-refractivity contribution in [1.29, 1.82) is 0 Å². The van der Waals surface area contributed by atoms with E-state index in [2.05, 4.69) is 4.72 Å². The molecule has 1 N–H and O–H groups in total. The van der Waals surface area contributed by atoms with Crippen molar-refractivity contribution in [3.63, 3.8) is 0 Å². The van der Waals surface area contributed by atoms with Crippen LogP contribution in [-0.4, -0.2) is 20.2 Å². The number of rotatable bonds is 3. The van der Waals surface area contributed by atoms with E-state index in [9.17, 15) is 8.42 Å². The highest BCUT2D eigenvalue weighted by Gasteiger charge is 2.21. The Labute approximate surface area is 102 Å². The molecule has 0 aliphatic heterocycles. The van der Waals surface area contributed by atoms with Crippen LogP contribution in [0.1, 0.15) is 20.8 Å². The SMILES string of the molecule is CSc1ccc(S(=O)(=O)NC(C)(C)C)cc1. The number of thioether (sulfide) groups is 1. The van der Waals surface area contributed by atoms with E-state index in [0.29, 0.717) is 4.90 Å². The summed E-state index contributed by atoms with van der Waals surface area (Å²) >= 11 is 1.59. The fourth-order valence-corrected chi connectivity index (χ4v) is 3.04. The zero-order valence-corrected chi connectivity index (χ0v) is 11.6. The molecule has 0 spiro atoms. The molecule has 0 bridgehead atoms. The van der Waals surface area contributed by atoms with Crippen LogP contribution in [0.15, 0.2) is 34.1 Å². The van der Waals surface area contributed by atoms with Crippen LogP contribution in [0.25, 0.3) is 0 Å². The van der Waals surface area contributed by atoms with Crippen LogP contribution in [0, 0.1) is 0 Å². The molecule has 0 saturated heterocycles. The number of hydrogen-bond acceptors (Lipinski definition) is 3. The van der Waals surface area contributed by atoms with Gasteiger partial charge in [-0.1, -0.05) is 0 Å². The Bertz CT molecular complexity index is 444. The summed E-state index contributed by atoms with van der Waals surface area (Å²) in [5.41, 5.74) is -0.461. The van der Waals surface area contributed by atoms with Crippen molar-refractivity contribution in [2.24, 2.45) is 0 Å². The predicted octanol–water partition coefficient (Wildman–Crippen LogP) is 2.49. The molecule has 0 amide bonds. The van der Waals surface area contributed by atoms with E-state index in [4.69, 9.17) is 0 Å². The Morgan fingerprint density at radius 1 is 1.12 bits per heavy atom. The van der Waals surface area contributed by atoms with Crippen LogP contribution in [0.4, 0.5) is 0 Å². The minimum atomic E-state index is -3.40. The molecule has 0 aromatic heterocycles. The molecule has 5 heteroatoms. The van der Waals surface area contributed by atoms with Crippen molar-refractivity contribution >= 4 is 21.8 Å². The molecule has 90 valence electrons. The summed E-state index contributed by atoms with van der Waals surface area (Å²) in [6.07, 6.45) is 1.96. The Morgan fingerprint density at radius 2 is 1.62 bits per heavy atom. The van der Waals surface area contributed by atoms with Crippen LogP contribution >= 0.6 is 11.8 Å². The van der Waals surface area contributed by atoms with Gasteiger partial charge in [-0.15, -0.1) is 11.8 Å². The number of benzene rings is 1. The van der Waals surface area contributed by atoms with E-state index in [0.717, 1.165) is 4.90 Å². The van der Waals surface area contributed by atoms with Gasteiger partial charge in [-0.25, -0.2) is 13.1 Å². The normalized spacial score (nSPS) is 12.8. The summed E-state index contributed by atoms with van der Waals surface area (Å²) < 4.78 is 26.5. The summed E-state index contributed by atoms with van der Waals surface area (Å²) in [5, 5.41) is 0. The van der Waals surface area contributed by atoms with Crippen LogP contribution in [0.3, 0.4) is 0 Å². The lowest BCUT2D eigenvalue weighted by atomic mass is 10.1. The molecular formula is C11H17NO2S2. The van der Waals surface area contributed by atoms with Crippen LogP contribution < -0.4 is 4.72 Å². The van der Waals surface area contributed by atoms with E-state index in [1.165, 1.54) is 0 Å². The zero-order chi connectivity index (χ0) is 12.4. The second-order valence-corrected chi connectivity index (χ2v) is 7.09. The smallest absolute Gasteiger partial charge is 0.207 e. The van der Waals surface area contributed by atoms with Gasteiger partial charge in [0, 0.05) is 10.4 Å². The lowest BCUT2D eigenvalue weighted by molar-refractivity contribution is 0.491. The summed E-state index contributed by atoms with van der Waals surface area (Å²) in [4.78, 5) is 1.36. The van der Waals surface area contributed by atoms with Crippen molar-refractivity contribution in [1.82, 2.24) is 4.72 Å². The molecule has 0 aliphatic carbocycles. The molecule has 1 aromatic rings. The molecule has 0 aliphatic rings. The van der Waals surface area contributed by atoms with Crippen molar-refractivity contribution in [2.45, 2.75) is 36.1 Å². The molecule has 3 nitrogen and oxygen atoms in total. The van der Waals surface area contributed by atoms with Gasteiger partial charge in [-0.05, 0) is 51.3 Å². The van der Waals surface area contributed by atoms with Crippen molar-refractivity contribution < 1.29 is 8.42 Å². The highest BCUT2D eigenvalue weighted by Crippen LogP contribution is 2.18. The molecule has 0 fully saturated rings. The van der Waals surface area contributed by atoms with Crippen LogP contribution in [0.2, 0.25) is 0 Å². The minimum Gasteiger partial charge on any atom is -0.207 e. The van der Waals surface area contributed by atoms with E-state index >= 15 is 0 Å². The van der Waals surface area contributed by atoms with E-state index in [-0.39, 0.29) is 0 Å². The Morgan fingerprint density at radius 3 is 2.00 bits per heavy atom. The number of hydrogen-bond donors (Lipinski definition) is 1. The third kappa shape index (κ3) is 3.81. The quantitative estimate of drug-likeness (QED) is 0.848. The molecule has 0 radical (unpaired) electrons. The highest BCUT2D eigenvalue weighted by molar-refractivity contribution is 7.98. The van der Waals surface area contributed by atoms with Gasteiger partial charge in [0.15, 0.2) is 0 Å². The second kappa shape index (κ2) is 4.77. The van der Waals surface area contributed by atoms with Crippen LogP contribution in [0.5, 0.6) is 0 Å². The topological polar surface area (TPSA) is 46.2 Å². The van der Waals surface area contributed by atoms with Crippen molar-refractivity contribution in [2.75, 3.05) is 6.26 Å². The lowest BCUT2D eigenvalue weighted by Gasteiger charge is -2.20. The van der Waals surface area contributed by atoms with Gasteiger partial charge in [-0.3, -0.25) is 0 Å². The van der Waals surface area contributed by atoms with E-state index in [1.54, 1.807) is 23.9 Å². The summed E-state index contributed by atoms with van der Waals surface area (Å²) in [6, 6.07) is 6.86. The standard InChI is InChI=1S/C11H17NO2S2/c1-11(2,3)12-16(13,14)10-7-5-9(15-4)6-8-10/h5-8,12H,1-4H3. The molecule has 0 atom stereocenters. The number of nitrogens with one attached hydrogen (secondary N) is 1. The molecule has 0 saturated carbocycles. The first-order chi connectivity index (χ1) is 7.24. The lowest BCUT2D eigenvalue weighted by Crippen LogP contribution is -2.40. The zero-order valence-electron chi connectivity index (χ0n) is 9.94. The Kier molecular flexibility index (Phi) is 4.04. The van der Waals surface area contributed by atoms with Gasteiger partial charge in [0.1, 0.15) is 0 Å². The molecule has 0 unspecified atom stereocenters. The van der Waals surface area contributed by atoms with E-state index in [1.807, 2.05) is 39.2 Å². The number of sulfonamides is 1. The third-order valence-corrected chi connectivity index (χ3v) is 4.33. The fourth-order valence-electron chi connectivity index (χ4n) is 1.22. The maximum atomic E-state index is 11.9. The maximum Gasteiger partial charge on any atom is 0.241 e. The van der Waals surface area contributed by atoms with Gasteiger partial charge in [0.05, 0.1) is 4.90 Å². The average Bonchev–Trinajstić information content (AvgIpc) is 2.14. The summed E-state index contributed by atoms with van der Waals surface area (Å²) in [6.45, 7) is 5.46. The van der Waals surface area contributed by atoms with Crippen LogP contribution in [-0.2, 0) is 10.0 Å². The molecule has 0 heterocycles. The maximum absolute atomic E-state index is 11.9. The monoisotopic (exact) mass is 259 g/mol. The van der Waals surface area contributed by atoms with Crippen molar-refractivity contribution in [3.8, 4) is 0 Å². The molecular weight excluding hydrogens is 242 g/mol. The molecule has 16 heavy (non-hydrogen) atoms. The molecule has 1 rings (SSSR count). The van der Waals surface area contributed by atoms with Crippen molar-refractivity contribution in [3.05, 3.63) is 24.3 Å². The Hall–Kier alpha value is -0.520. The van der Waals surface area contributed by atoms with Gasteiger partial charge < -0.3 is 0 Å². The Balaban J connectivity index is 2.99. The predicted molar refractivity (Wildman–Crippen MR) is 68.3 cm³/mol. The first-order valence-corrected chi connectivity index (χ1v) is 7.63. The molecule has 1 aromatic carbocycles. The highest BCUT2D eigenvalue weighted by atomic mass is 32.2. The van der Waals surface area contributed by atoms with E-state index < -0.39 is 15.6 Å². The van der Waals surface area contributed by atoms with Gasteiger partial charge in [-0.2, -0.15) is 0 Å². The second-order valence-electron chi connectivity index (χ2n) is 4.53. The third-order valence-electron chi connectivity index (χ3n) is 1.81. The summed E-state index contributed by atoms with van der Waals surface area (Å²) in [5.74, 6) is 0. The van der Waals surface area contributed by atoms with Gasteiger partial charge >= 0.3 is 0 Å². The fraction of sp³-hybridized carbons (Fsp3) is 0.455.